The van der Waals surface area contributed by atoms with Gasteiger partial charge in [-0.15, -0.1) is 24.2 Å². The number of carbonyl (C=O) groups excluding carboxylic acids is 1. The minimum atomic E-state index is -0.464. The smallest absolute Gasteiger partial charge is 0.240 e. The molecule has 25 heavy (non-hydrogen) atoms. The largest absolute Gasteiger partial charge is 0.340 e. The number of nitrogens with two attached hydrogens (primary N) is 1. The maximum Gasteiger partial charge on any atom is 0.240 e. The summed E-state index contributed by atoms with van der Waals surface area (Å²) >= 11 is 1.26. The summed E-state index contributed by atoms with van der Waals surface area (Å²) < 4.78 is 14.1. The van der Waals surface area contributed by atoms with Crippen LogP contribution in [0.1, 0.15) is 23.7 Å². The van der Waals surface area contributed by atoms with Gasteiger partial charge >= 0.3 is 0 Å². The van der Waals surface area contributed by atoms with E-state index in [-0.39, 0.29) is 30.2 Å². The number of hydrogen-bond donors (Lipinski definition) is 1. The summed E-state index contributed by atoms with van der Waals surface area (Å²) in [5.41, 5.74) is 6.90. The van der Waals surface area contributed by atoms with Gasteiger partial charge in [0.1, 0.15) is 11.1 Å². The van der Waals surface area contributed by atoms with Gasteiger partial charge in [0.15, 0.2) is 0 Å². The third-order valence-corrected chi connectivity index (χ3v) is 5.47. The lowest BCUT2D eigenvalue weighted by Crippen LogP contribution is -2.47. The summed E-state index contributed by atoms with van der Waals surface area (Å²) in [4.78, 5) is 15.4. The van der Waals surface area contributed by atoms with E-state index in [1.54, 1.807) is 18.2 Å². The number of piperidine rings is 1. The molecule has 2 aromatic carbocycles. The van der Waals surface area contributed by atoms with Gasteiger partial charge in [-0.05, 0) is 30.5 Å². The molecule has 2 unspecified atom stereocenters. The highest BCUT2D eigenvalue weighted by atomic mass is 35.5. The molecule has 134 valence electrons. The summed E-state index contributed by atoms with van der Waals surface area (Å²) in [6.45, 7) is 1.29. The summed E-state index contributed by atoms with van der Waals surface area (Å²) in [6.07, 6.45) is 1.86. The predicted octanol–water partition coefficient (Wildman–Crippen LogP) is 4.03. The van der Waals surface area contributed by atoms with E-state index in [0.717, 1.165) is 18.4 Å². The third kappa shape index (κ3) is 4.97. The average molecular weight is 381 g/mol. The Morgan fingerprint density at radius 1 is 1.16 bits per heavy atom. The van der Waals surface area contributed by atoms with E-state index in [9.17, 15) is 9.18 Å². The molecule has 3 rings (SSSR count). The number of halogens is 2. The molecular formula is C19H22ClFN2OS. The Morgan fingerprint density at radius 3 is 2.52 bits per heavy atom. The van der Waals surface area contributed by atoms with Crippen molar-refractivity contribution in [1.82, 2.24) is 4.90 Å². The van der Waals surface area contributed by atoms with E-state index in [4.69, 9.17) is 5.73 Å². The average Bonchev–Trinajstić information content (AvgIpc) is 2.61. The van der Waals surface area contributed by atoms with Crippen molar-refractivity contribution in [3.63, 3.8) is 0 Å². The molecule has 1 aliphatic heterocycles. The van der Waals surface area contributed by atoms with E-state index in [2.05, 4.69) is 0 Å². The molecule has 0 radical (unpaired) electrons. The number of carbonyl (C=O) groups is 1. The zero-order valence-corrected chi connectivity index (χ0v) is 15.4. The van der Waals surface area contributed by atoms with E-state index in [1.807, 2.05) is 35.2 Å². The summed E-state index contributed by atoms with van der Waals surface area (Å²) in [5, 5.41) is -0.464. The van der Waals surface area contributed by atoms with Crippen molar-refractivity contribution in [2.75, 3.05) is 13.1 Å². The van der Waals surface area contributed by atoms with E-state index >= 15 is 0 Å². The molecule has 3 nitrogen and oxygen atoms in total. The lowest BCUT2D eigenvalue weighted by molar-refractivity contribution is -0.131. The first kappa shape index (κ1) is 19.8. The van der Waals surface area contributed by atoms with Crippen LogP contribution in [-0.2, 0) is 4.79 Å². The molecule has 0 bridgehead atoms. The Morgan fingerprint density at radius 2 is 1.84 bits per heavy atom. The molecule has 1 amide bonds. The lowest BCUT2D eigenvalue weighted by atomic mass is 10.0. The monoisotopic (exact) mass is 380 g/mol. The fraction of sp³-hybridized carbons (Fsp3) is 0.316. The molecule has 6 heteroatoms. The third-order valence-electron chi connectivity index (χ3n) is 4.18. The van der Waals surface area contributed by atoms with Crippen LogP contribution in [0.2, 0.25) is 0 Å². The molecule has 1 saturated heterocycles. The standard InChI is InChI=1S/C19H21FN2OS.ClH/c20-16-10-4-5-11-17(16)24-18(14-7-2-1-3-8-14)19(23)22-12-6-9-15(21)13-22;/h1-5,7-8,10-11,15,18H,6,9,12-13,21H2;1H. The Balaban J connectivity index is 0.00000225. The summed E-state index contributed by atoms with van der Waals surface area (Å²) in [6, 6.07) is 16.2. The highest BCUT2D eigenvalue weighted by Crippen LogP contribution is 2.38. The maximum absolute atomic E-state index is 14.1. The molecule has 2 atom stereocenters. The van der Waals surface area contributed by atoms with Crippen LogP contribution in [0.5, 0.6) is 0 Å². The Kier molecular flexibility index (Phi) is 7.29. The van der Waals surface area contributed by atoms with Crippen LogP contribution in [0.3, 0.4) is 0 Å². The molecule has 2 N–H and O–H groups in total. The first-order valence-electron chi connectivity index (χ1n) is 8.15. The number of thioether (sulfide) groups is 1. The minimum Gasteiger partial charge on any atom is -0.340 e. The van der Waals surface area contributed by atoms with Crippen LogP contribution in [0.4, 0.5) is 4.39 Å². The van der Waals surface area contributed by atoms with Crippen molar-refractivity contribution in [3.05, 3.63) is 66.0 Å². The van der Waals surface area contributed by atoms with Gasteiger partial charge in [0.2, 0.25) is 5.91 Å². The van der Waals surface area contributed by atoms with Gasteiger partial charge in [0.25, 0.3) is 0 Å². The maximum atomic E-state index is 14.1. The van der Waals surface area contributed by atoms with Gasteiger partial charge < -0.3 is 10.6 Å². The first-order chi connectivity index (χ1) is 11.6. The van der Waals surface area contributed by atoms with Crippen LogP contribution >= 0.6 is 24.2 Å². The fourth-order valence-corrected chi connectivity index (χ4v) is 4.07. The second-order valence-electron chi connectivity index (χ2n) is 6.03. The van der Waals surface area contributed by atoms with Crippen molar-refractivity contribution in [2.24, 2.45) is 5.73 Å². The van der Waals surface area contributed by atoms with Gasteiger partial charge in [-0.25, -0.2) is 4.39 Å². The summed E-state index contributed by atoms with van der Waals surface area (Å²) in [7, 11) is 0. The van der Waals surface area contributed by atoms with Crippen molar-refractivity contribution in [3.8, 4) is 0 Å². The van der Waals surface area contributed by atoms with Crippen molar-refractivity contribution >= 4 is 30.1 Å². The first-order valence-corrected chi connectivity index (χ1v) is 9.03. The van der Waals surface area contributed by atoms with Gasteiger partial charge in [-0.2, -0.15) is 0 Å². The molecular weight excluding hydrogens is 359 g/mol. The van der Waals surface area contributed by atoms with Crippen LogP contribution < -0.4 is 5.73 Å². The van der Waals surface area contributed by atoms with Gasteiger partial charge in [-0.1, -0.05) is 42.5 Å². The number of rotatable bonds is 4. The highest BCUT2D eigenvalue weighted by Gasteiger charge is 2.30. The van der Waals surface area contributed by atoms with Gasteiger partial charge in [-0.3, -0.25) is 4.79 Å². The normalized spacial score (nSPS) is 18.3. The van der Waals surface area contributed by atoms with Crippen LogP contribution in [0.15, 0.2) is 59.5 Å². The topological polar surface area (TPSA) is 46.3 Å². The molecule has 1 heterocycles. The van der Waals surface area contributed by atoms with Gasteiger partial charge in [0.05, 0.1) is 0 Å². The van der Waals surface area contributed by atoms with Crippen LogP contribution in [0.25, 0.3) is 0 Å². The Hall–Kier alpha value is -1.56. The molecule has 1 fully saturated rings. The van der Waals surface area contributed by atoms with Crippen molar-refractivity contribution < 1.29 is 9.18 Å². The molecule has 0 saturated carbocycles. The number of amides is 1. The van der Waals surface area contributed by atoms with Crippen molar-refractivity contribution in [1.29, 1.82) is 0 Å². The second kappa shape index (κ2) is 9.22. The second-order valence-corrected chi connectivity index (χ2v) is 7.17. The predicted molar refractivity (Wildman–Crippen MR) is 102 cm³/mol. The number of benzene rings is 2. The van der Waals surface area contributed by atoms with Crippen LogP contribution in [0, 0.1) is 5.82 Å². The highest BCUT2D eigenvalue weighted by molar-refractivity contribution is 8.00. The Labute approximate surface area is 158 Å². The SMILES string of the molecule is Cl.NC1CCCN(C(=O)C(Sc2ccccc2F)c2ccccc2)C1. The quantitative estimate of drug-likeness (QED) is 0.814. The van der Waals surface area contributed by atoms with Crippen molar-refractivity contribution in [2.45, 2.75) is 29.0 Å². The fourth-order valence-electron chi connectivity index (χ4n) is 2.93. The molecule has 2 aromatic rings. The lowest BCUT2D eigenvalue weighted by Gasteiger charge is -2.33. The van der Waals surface area contributed by atoms with Crippen LogP contribution in [-0.4, -0.2) is 29.9 Å². The molecule has 0 spiro atoms. The van der Waals surface area contributed by atoms with E-state index < -0.39 is 5.25 Å². The molecule has 0 aliphatic carbocycles. The zero-order valence-electron chi connectivity index (χ0n) is 13.8. The molecule has 0 aromatic heterocycles. The minimum absolute atomic E-state index is 0. The number of hydrogen-bond acceptors (Lipinski definition) is 3. The zero-order chi connectivity index (χ0) is 16.9. The van der Waals surface area contributed by atoms with E-state index in [1.165, 1.54) is 17.8 Å². The molecule has 1 aliphatic rings. The summed E-state index contributed by atoms with van der Waals surface area (Å²) in [5.74, 6) is -0.295. The number of likely N-dealkylation sites (tertiary alicyclic amines) is 1. The number of nitrogens with zero attached hydrogens (tertiary/aromatic N) is 1. The van der Waals surface area contributed by atoms with E-state index in [0.29, 0.717) is 18.0 Å². The Bertz CT molecular complexity index is 701. The van der Waals surface area contributed by atoms with Gasteiger partial charge in [0, 0.05) is 24.0 Å².